The minimum atomic E-state index is -0.394. The molecule has 0 fully saturated rings. The lowest BCUT2D eigenvalue weighted by atomic mass is 9.96. The molecule has 0 amide bonds. The molecule has 0 unspecified atom stereocenters. The Morgan fingerprint density at radius 3 is 2.50 bits per heavy atom. The number of hydrazone groups is 1. The molecule has 5 rings (SSSR count). The second-order valence-electron chi connectivity index (χ2n) is 6.84. The number of halogens is 3. The van der Waals surface area contributed by atoms with Gasteiger partial charge in [-0.25, -0.2) is 5.01 Å². The van der Waals surface area contributed by atoms with Gasteiger partial charge in [0, 0.05) is 22.6 Å². The third kappa shape index (κ3) is 3.04. The Morgan fingerprint density at radius 2 is 1.71 bits per heavy atom. The fourth-order valence-electron chi connectivity index (χ4n) is 3.75. The molecule has 2 aliphatic heterocycles. The van der Waals surface area contributed by atoms with Gasteiger partial charge in [0.05, 0.1) is 21.8 Å². The molecular weight excluding hydrogens is 415 g/mol. The molecule has 3 nitrogen and oxygen atoms in total. The van der Waals surface area contributed by atoms with Crippen molar-refractivity contribution in [2.24, 2.45) is 5.10 Å². The van der Waals surface area contributed by atoms with Gasteiger partial charge in [-0.15, -0.1) is 0 Å². The number of benzene rings is 3. The minimum Gasteiger partial charge on any atom is -0.464 e. The van der Waals surface area contributed by atoms with E-state index in [1.807, 2.05) is 53.5 Å². The van der Waals surface area contributed by atoms with Crippen molar-refractivity contribution in [2.45, 2.75) is 18.7 Å². The summed E-state index contributed by atoms with van der Waals surface area (Å²) in [6, 6.07) is 21.5. The van der Waals surface area contributed by atoms with Gasteiger partial charge in [0.2, 0.25) is 6.23 Å². The van der Waals surface area contributed by atoms with Crippen LogP contribution in [0, 0.1) is 0 Å². The maximum Gasteiger partial charge on any atom is 0.213 e. The van der Waals surface area contributed by atoms with Crippen LogP contribution in [0.3, 0.4) is 0 Å². The molecule has 0 aliphatic carbocycles. The van der Waals surface area contributed by atoms with E-state index < -0.39 is 6.23 Å². The molecule has 3 aromatic rings. The topological polar surface area (TPSA) is 24.8 Å². The van der Waals surface area contributed by atoms with Crippen LogP contribution in [-0.4, -0.2) is 10.7 Å². The number of nitrogens with zero attached hydrogens (tertiary/aromatic N) is 2. The van der Waals surface area contributed by atoms with Gasteiger partial charge in [-0.3, -0.25) is 0 Å². The van der Waals surface area contributed by atoms with E-state index >= 15 is 0 Å². The first-order chi connectivity index (χ1) is 13.6. The fourth-order valence-corrected chi connectivity index (χ4v) is 4.24. The van der Waals surface area contributed by atoms with Crippen LogP contribution in [0.4, 0.5) is 0 Å². The predicted octanol–water partition coefficient (Wildman–Crippen LogP) is 6.89. The van der Waals surface area contributed by atoms with Gasteiger partial charge in [-0.05, 0) is 35.9 Å². The Labute approximate surface area is 178 Å². The van der Waals surface area contributed by atoms with Gasteiger partial charge in [0.15, 0.2) is 0 Å². The van der Waals surface area contributed by atoms with Gasteiger partial charge in [-0.1, -0.05) is 71.2 Å². The summed E-state index contributed by atoms with van der Waals surface area (Å²) in [5, 5.41) is 8.62. The summed E-state index contributed by atoms with van der Waals surface area (Å²) >= 11 is 18.6. The predicted molar refractivity (Wildman–Crippen MR) is 113 cm³/mol. The summed E-state index contributed by atoms with van der Waals surface area (Å²) in [5.74, 6) is 0.811. The monoisotopic (exact) mass is 428 g/mol. The van der Waals surface area contributed by atoms with Gasteiger partial charge in [0.25, 0.3) is 0 Å². The molecular formula is C22H15Cl3N2O. The summed E-state index contributed by atoms with van der Waals surface area (Å²) in [6.07, 6.45) is 0.382. The van der Waals surface area contributed by atoms with Crippen molar-refractivity contribution >= 4 is 40.5 Å². The zero-order valence-corrected chi connectivity index (χ0v) is 16.9. The second-order valence-corrected chi connectivity index (χ2v) is 8.09. The van der Waals surface area contributed by atoms with Crippen LogP contribution < -0.4 is 4.74 Å². The van der Waals surface area contributed by atoms with Crippen molar-refractivity contribution in [3.8, 4) is 5.75 Å². The smallest absolute Gasteiger partial charge is 0.213 e. The number of rotatable bonds is 2. The van der Waals surface area contributed by atoms with Gasteiger partial charge in [-0.2, -0.15) is 5.10 Å². The number of fused-ring (bicyclic) bond motifs is 3. The molecule has 0 saturated carbocycles. The summed E-state index contributed by atoms with van der Waals surface area (Å²) < 4.78 is 6.32. The molecule has 0 radical (unpaired) electrons. The van der Waals surface area contributed by atoms with Crippen molar-refractivity contribution in [1.82, 2.24) is 5.01 Å². The molecule has 2 heterocycles. The maximum absolute atomic E-state index is 6.32. The van der Waals surface area contributed by atoms with Crippen LogP contribution in [0.15, 0.2) is 71.8 Å². The average molecular weight is 430 g/mol. The van der Waals surface area contributed by atoms with Crippen molar-refractivity contribution in [1.29, 1.82) is 0 Å². The normalized spacial score (nSPS) is 20.2. The first-order valence-electron chi connectivity index (χ1n) is 8.92. The Kier molecular flexibility index (Phi) is 4.47. The van der Waals surface area contributed by atoms with E-state index in [2.05, 4.69) is 12.1 Å². The Balaban J connectivity index is 1.62. The highest BCUT2D eigenvalue weighted by Crippen LogP contribution is 2.48. The average Bonchev–Trinajstić information content (AvgIpc) is 3.16. The SMILES string of the molecule is Clc1ccc2c(c1)[C@H]1CC(c3ccccc3)=NN1[C@H](c1ccc(Cl)c(Cl)c1)O2. The largest absolute Gasteiger partial charge is 0.464 e. The van der Waals surface area contributed by atoms with Crippen LogP contribution in [-0.2, 0) is 0 Å². The summed E-state index contributed by atoms with van der Waals surface area (Å²) in [5.41, 5.74) is 4.07. The fraction of sp³-hybridized carbons (Fsp3) is 0.136. The lowest BCUT2D eigenvalue weighted by molar-refractivity contribution is -0.0190. The second kappa shape index (κ2) is 7.00. The van der Waals surface area contributed by atoms with Crippen LogP contribution in [0.25, 0.3) is 0 Å². The van der Waals surface area contributed by atoms with E-state index in [1.54, 1.807) is 6.07 Å². The minimum absolute atomic E-state index is 0.0390. The molecule has 0 bridgehead atoms. The molecule has 3 aromatic carbocycles. The third-order valence-electron chi connectivity index (χ3n) is 5.09. The molecule has 0 aromatic heterocycles. The van der Waals surface area contributed by atoms with E-state index in [0.29, 0.717) is 15.1 Å². The van der Waals surface area contributed by atoms with E-state index in [1.165, 1.54) is 0 Å². The van der Waals surface area contributed by atoms with E-state index in [0.717, 1.165) is 34.6 Å². The molecule has 2 atom stereocenters. The summed E-state index contributed by atoms with van der Waals surface area (Å²) in [6.45, 7) is 0. The number of ether oxygens (including phenoxy) is 1. The molecule has 0 N–H and O–H groups in total. The van der Waals surface area contributed by atoms with E-state index in [4.69, 9.17) is 44.6 Å². The highest BCUT2D eigenvalue weighted by atomic mass is 35.5. The Hall–Kier alpha value is -2.20. The number of hydrogen-bond acceptors (Lipinski definition) is 3. The summed E-state index contributed by atoms with van der Waals surface area (Å²) in [7, 11) is 0. The zero-order chi connectivity index (χ0) is 19.3. The van der Waals surface area contributed by atoms with Crippen molar-refractivity contribution in [3.63, 3.8) is 0 Å². The summed E-state index contributed by atoms with van der Waals surface area (Å²) in [4.78, 5) is 0. The van der Waals surface area contributed by atoms with Gasteiger partial charge < -0.3 is 4.74 Å². The van der Waals surface area contributed by atoms with Crippen LogP contribution in [0.2, 0.25) is 15.1 Å². The molecule has 0 saturated heterocycles. The Morgan fingerprint density at radius 1 is 0.893 bits per heavy atom. The highest BCUT2D eigenvalue weighted by Gasteiger charge is 2.41. The lowest BCUT2D eigenvalue weighted by Gasteiger charge is -2.38. The Bertz CT molecular complexity index is 1080. The lowest BCUT2D eigenvalue weighted by Crippen LogP contribution is -2.33. The molecule has 28 heavy (non-hydrogen) atoms. The van der Waals surface area contributed by atoms with Gasteiger partial charge in [0.1, 0.15) is 5.75 Å². The number of hydrogen-bond donors (Lipinski definition) is 0. The van der Waals surface area contributed by atoms with Crippen LogP contribution in [0.5, 0.6) is 5.75 Å². The molecule has 2 aliphatic rings. The first-order valence-corrected chi connectivity index (χ1v) is 10.1. The zero-order valence-electron chi connectivity index (χ0n) is 14.6. The standard InChI is InChI=1S/C22H15Cl3N2O/c23-15-7-9-21-16(11-15)20-12-19(13-4-2-1-3-5-13)26-27(20)22(28-21)14-6-8-17(24)18(25)10-14/h1-11,20,22H,12H2/t20-,22+/m1/s1. The highest BCUT2D eigenvalue weighted by molar-refractivity contribution is 6.42. The molecule has 140 valence electrons. The maximum atomic E-state index is 6.32. The molecule has 0 spiro atoms. The van der Waals surface area contributed by atoms with E-state index in [9.17, 15) is 0 Å². The quantitative estimate of drug-likeness (QED) is 0.443. The van der Waals surface area contributed by atoms with Crippen molar-refractivity contribution in [2.75, 3.05) is 0 Å². The van der Waals surface area contributed by atoms with E-state index in [-0.39, 0.29) is 6.04 Å². The third-order valence-corrected chi connectivity index (χ3v) is 6.06. The van der Waals surface area contributed by atoms with Crippen molar-refractivity contribution < 1.29 is 4.74 Å². The van der Waals surface area contributed by atoms with Crippen LogP contribution >= 0.6 is 34.8 Å². The molecule has 6 heteroatoms. The van der Waals surface area contributed by atoms with Crippen molar-refractivity contribution in [3.05, 3.63) is 98.5 Å². The van der Waals surface area contributed by atoms with Gasteiger partial charge >= 0.3 is 0 Å². The first kappa shape index (κ1) is 17.9. The van der Waals surface area contributed by atoms with Crippen LogP contribution in [0.1, 0.15) is 35.4 Å².